The van der Waals surface area contributed by atoms with Gasteiger partial charge in [-0.15, -0.1) is 0 Å². The van der Waals surface area contributed by atoms with Crippen LogP contribution in [0.25, 0.3) is 0 Å². The minimum absolute atomic E-state index is 0.0360. The average Bonchev–Trinajstić information content (AvgIpc) is 3.27. The first kappa shape index (κ1) is 18.7. The molecular weight excluding hydrogens is 382 g/mol. The van der Waals surface area contributed by atoms with Crippen LogP contribution in [0.15, 0.2) is 42.5 Å². The number of amides is 2. The number of hydrogen-bond acceptors (Lipinski definition) is 5. The first-order valence-corrected chi connectivity index (χ1v) is 10.3. The van der Waals surface area contributed by atoms with Crippen molar-refractivity contribution in [3.05, 3.63) is 59.2 Å². The van der Waals surface area contributed by atoms with Crippen LogP contribution in [0.1, 0.15) is 34.3 Å². The summed E-state index contributed by atoms with van der Waals surface area (Å²) in [6, 6.07) is 13.1. The van der Waals surface area contributed by atoms with Crippen molar-refractivity contribution in [3.63, 3.8) is 0 Å². The third kappa shape index (κ3) is 3.30. The zero-order chi connectivity index (χ0) is 20.7. The number of anilines is 2. The second-order valence-corrected chi connectivity index (χ2v) is 7.98. The van der Waals surface area contributed by atoms with Crippen LogP contribution in [0.3, 0.4) is 0 Å². The zero-order valence-corrected chi connectivity index (χ0v) is 16.6. The third-order valence-corrected chi connectivity index (χ3v) is 6.17. The van der Waals surface area contributed by atoms with Gasteiger partial charge in [0.15, 0.2) is 6.61 Å². The second-order valence-electron chi connectivity index (χ2n) is 7.98. The fraction of sp³-hybridized carbons (Fsp3) is 0.348. The number of fused-ring (bicyclic) bond motifs is 4. The molecule has 30 heavy (non-hydrogen) atoms. The second kappa shape index (κ2) is 7.48. The van der Waals surface area contributed by atoms with Crippen LogP contribution in [0, 0.1) is 0 Å². The first-order chi connectivity index (χ1) is 14.6. The molecule has 0 saturated carbocycles. The van der Waals surface area contributed by atoms with Gasteiger partial charge in [0.1, 0.15) is 6.04 Å². The highest BCUT2D eigenvalue weighted by Gasteiger charge is 2.36. The number of hydrogen-bond donors (Lipinski definition) is 1. The van der Waals surface area contributed by atoms with E-state index in [0.29, 0.717) is 24.3 Å². The number of esters is 1. The Kier molecular flexibility index (Phi) is 4.65. The monoisotopic (exact) mass is 405 g/mol. The van der Waals surface area contributed by atoms with Gasteiger partial charge in [0.25, 0.3) is 5.91 Å². The van der Waals surface area contributed by atoms with Gasteiger partial charge in [0.2, 0.25) is 5.91 Å². The normalized spacial score (nSPS) is 19.5. The van der Waals surface area contributed by atoms with Crippen LogP contribution in [0.5, 0.6) is 0 Å². The summed E-state index contributed by atoms with van der Waals surface area (Å²) in [5, 5.41) is 2.89. The third-order valence-electron chi connectivity index (χ3n) is 6.17. The van der Waals surface area contributed by atoms with E-state index in [9.17, 15) is 14.4 Å². The van der Waals surface area contributed by atoms with Gasteiger partial charge in [-0.3, -0.25) is 9.59 Å². The molecule has 154 valence electrons. The van der Waals surface area contributed by atoms with Gasteiger partial charge in [-0.05, 0) is 48.6 Å². The van der Waals surface area contributed by atoms with Crippen molar-refractivity contribution in [2.75, 3.05) is 29.9 Å². The fourth-order valence-corrected chi connectivity index (χ4v) is 4.57. The van der Waals surface area contributed by atoms with E-state index in [1.807, 2.05) is 24.3 Å². The largest absolute Gasteiger partial charge is 0.452 e. The molecular formula is C23H23N3O4. The molecule has 0 aromatic heterocycles. The van der Waals surface area contributed by atoms with Crippen LogP contribution in [-0.4, -0.2) is 48.4 Å². The summed E-state index contributed by atoms with van der Waals surface area (Å²) in [4.78, 5) is 41.1. The Bertz CT molecular complexity index is 1030. The molecule has 7 nitrogen and oxygen atoms in total. The molecule has 2 aromatic rings. The van der Waals surface area contributed by atoms with Gasteiger partial charge < -0.3 is 19.9 Å². The lowest BCUT2D eigenvalue weighted by molar-refractivity contribution is -0.135. The summed E-state index contributed by atoms with van der Waals surface area (Å²) in [5.74, 6) is -0.809. The van der Waals surface area contributed by atoms with Gasteiger partial charge in [0.05, 0.1) is 16.9 Å². The molecule has 0 aliphatic carbocycles. The molecule has 0 bridgehead atoms. The van der Waals surface area contributed by atoms with E-state index in [-0.39, 0.29) is 24.5 Å². The average molecular weight is 405 g/mol. The number of rotatable bonds is 3. The van der Waals surface area contributed by atoms with Gasteiger partial charge in [-0.2, -0.15) is 0 Å². The summed E-state index contributed by atoms with van der Waals surface area (Å²) in [6.45, 7) is 1.70. The molecule has 1 fully saturated rings. The Labute approximate surface area is 174 Å². The lowest BCUT2D eigenvalue weighted by atomic mass is 10.00. The molecule has 3 aliphatic rings. The smallest absolute Gasteiger partial charge is 0.338 e. The quantitative estimate of drug-likeness (QED) is 0.793. The van der Waals surface area contributed by atoms with Gasteiger partial charge >= 0.3 is 5.97 Å². The Morgan fingerprint density at radius 2 is 1.93 bits per heavy atom. The number of ether oxygens (including phenoxy) is 1. The van der Waals surface area contributed by atoms with Gasteiger partial charge in [-0.1, -0.05) is 24.3 Å². The number of nitrogens with zero attached hydrogens (tertiary/aromatic N) is 2. The zero-order valence-electron chi connectivity index (χ0n) is 16.6. The molecule has 2 amide bonds. The molecule has 0 spiro atoms. The minimum Gasteiger partial charge on any atom is -0.452 e. The Balaban J connectivity index is 1.23. The van der Waals surface area contributed by atoms with E-state index >= 15 is 0 Å². The summed E-state index contributed by atoms with van der Waals surface area (Å²) in [5.41, 5.74) is 4.26. The Hall–Kier alpha value is -3.35. The predicted molar refractivity (Wildman–Crippen MR) is 111 cm³/mol. The molecule has 7 heteroatoms. The summed E-state index contributed by atoms with van der Waals surface area (Å²) >= 11 is 0. The van der Waals surface area contributed by atoms with E-state index in [1.54, 1.807) is 17.0 Å². The lowest BCUT2D eigenvalue weighted by Crippen LogP contribution is -2.43. The van der Waals surface area contributed by atoms with E-state index in [2.05, 4.69) is 16.3 Å². The maximum absolute atomic E-state index is 12.5. The van der Waals surface area contributed by atoms with Crippen molar-refractivity contribution in [1.82, 2.24) is 4.90 Å². The van der Waals surface area contributed by atoms with Crippen LogP contribution in [0.2, 0.25) is 0 Å². The van der Waals surface area contributed by atoms with Crippen LogP contribution in [0.4, 0.5) is 11.4 Å². The van der Waals surface area contributed by atoms with E-state index in [1.165, 1.54) is 5.56 Å². The Morgan fingerprint density at radius 1 is 1.10 bits per heavy atom. The van der Waals surface area contributed by atoms with Crippen molar-refractivity contribution < 1.29 is 19.1 Å². The molecule has 2 aromatic carbocycles. The van der Waals surface area contributed by atoms with E-state index < -0.39 is 5.97 Å². The summed E-state index contributed by atoms with van der Waals surface area (Å²) in [6.07, 6.45) is 2.63. The summed E-state index contributed by atoms with van der Waals surface area (Å²) < 4.78 is 5.28. The lowest BCUT2D eigenvalue weighted by Gasteiger charge is -2.33. The molecule has 0 unspecified atom stereocenters. The van der Waals surface area contributed by atoms with Crippen molar-refractivity contribution >= 4 is 29.2 Å². The minimum atomic E-state index is -0.568. The summed E-state index contributed by atoms with van der Waals surface area (Å²) in [7, 11) is 0. The maximum Gasteiger partial charge on any atom is 0.338 e. The van der Waals surface area contributed by atoms with Crippen molar-refractivity contribution in [2.24, 2.45) is 0 Å². The van der Waals surface area contributed by atoms with Gasteiger partial charge in [0, 0.05) is 19.6 Å². The molecule has 1 atom stereocenters. The standard InChI is InChI=1S/C23H23N3O4/c27-21(25-11-9-15-4-1-2-5-17(15)13-25)14-30-23(29)16-7-8-19-18(12-16)24-22(28)20-6-3-10-26(19)20/h1-2,4-5,7-8,12,20H,3,6,9-11,13-14H2,(H,24,28)/t20-/m1/s1. The number of carbonyl (C=O) groups excluding carboxylic acids is 3. The predicted octanol–water partition coefficient (Wildman–Crippen LogP) is 2.35. The van der Waals surface area contributed by atoms with Crippen molar-refractivity contribution in [1.29, 1.82) is 0 Å². The molecule has 0 radical (unpaired) electrons. The fourth-order valence-electron chi connectivity index (χ4n) is 4.57. The SMILES string of the molecule is O=C(OCC(=O)N1CCc2ccccc2C1)c1ccc2c(c1)NC(=O)[C@H]1CCCN21. The number of benzene rings is 2. The van der Waals surface area contributed by atoms with Crippen LogP contribution in [-0.2, 0) is 27.3 Å². The molecule has 3 aliphatic heterocycles. The maximum atomic E-state index is 12.5. The van der Waals surface area contributed by atoms with E-state index in [0.717, 1.165) is 37.1 Å². The highest BCUT2D eigenvalue weighted by molar-refractivity contribution is 6.05. The van der Waals surface area contributed by atoms with E-state index in [4.69, 9.17) is 4.74 Å². The highest BCUT2D eigenvalue weighted by atomic mass is 16.5. The van der Waals surface area contributed by atoms with Gasteiger partial charge in [-0.25, -0.2) is 4.79 Å². The molecule has 1 saturated heterocycles. The Morgan fingerprint density at radius 3 is 2.80 bits per heavy atom. The number of nitrogens with one attached hydrogen (secondary N) is 1. The van der Waals surface area contributed by atoms with Crippen LogP contribution >= 0.6 is 0 Å². The van der Waals surface area contributed by atoms with Crippen LogP contribution < -0.4 is 10.2 Å². The molecule has 5 rings (SSSR count). The number of carbonyl (C=O) groups is 3. The molecule has 1 N–H and O–H groups in total. The highest BCUT2D eigenvalue weighted by Crippen LogP contribution is 2.37. The topological polar surface area (TPSA) is 79.0 Å². The molecule has 3 heterocycles. The van der Waals surface area contributed by atoms with Crippen molar-refractivity contribution in [2.45, 2.75) is 31.8 Å². The van der Waals surface area contributed by atoms with Crippen molar-refractivity contribution in [3.8, 4) is 0 Å². The first-order valence-electron chi connectivity index (χ1n) is 10.3.